The second kappa shape index (κ2) is 6.47. The molecule has 1 aromatic rings. The van der Waals surface area contributed by atoms with Gasteiger partial charge in [-0.2, -0.15) is 4.98 Å². The molecular weight excluding hydrogens is 260 g/mol. The van der Waals surface area contributed by atoms with E-state index in [2.05, 4.69) is 27.6 Å². The van der Waals surface area contributed by atoms with Gasteiger partial charge in [-0.05, 0) is 18.3 Å². The molecule has 0 aromatic carbocycles. The molecule has 0 radical (unpaired) electrons. The minimum absolute atomic E-state index is 0.132. The molecule has 8 heteroatoms. The van der Waals surface area contributed by atoms with E-state index in [9.17, 15) is 10.1 Å². The van der Waals surface area contributed by atoms with E-state index in [1.54, 1.807) is 0 Å². The molecule has 2 atom stereocenters. The van der Waals surface area contributed by atoms with Crippen LogP contribution in [0.25, 0.3) is 0 Å². The molecule has 110 valence electrons. The number of aromatic nitrogens is 2. The second-order valence-electron chi connectivity index (χ2n) is 5.23. The highest BCUT2D eigenvalue weighted by Gasteiger charge is 2.23. The monoisotopic (exact) mass is 280 g/mol. The lowest BCUT2D eigenvalue weighted by Gasteiger charge is -2.28. The highest BCUT2D eigenvalue weighted by molar-refractivity contribution is 5.56. The predicted octanol–water partition coefficient (Wildman–Crippen LogP) is 1.91. The summed E-state index contributed by atoms with van der Waals surface area (Å²) in [5.41, 5.74) is 2.16. The quantitative estimate of drug-likeness (QED) is 0.428. The molecule has 8 nitrogen and oxygen atoms in total. The SMILES string of the molecule is CC1CCCCC1CNc1nc(NN)ncc1[N+](=O)[O-]. The number of hydrogen-bond acceptors (Lipinski definition) is 7. The van der Waals surface area contributed by atoms with Crippen LogP contribution in [0.2, 0.25) is 0 Å². The molecular formula is C12H20N6O2. The maximum Gasteiger partial charge on any atom is 0.329 e. The number of rotatable bonds is 5. The fraction of sp³-hybridized carbons (Fsp3) is 0.667. The summed E-state index contributed by atoms with van der Waals surface area (Å²) >= 11 is 0. The smallest absolute Gasteiger partial charge is 0.329 e. The van der Waals surface area contributed by atoms with E-state index in [-0.39, 0.29) is 17.5 Å². The maximum absolute atomic E-state index is 11.0. The predicted molar refractivity (Wildman–Crippen MR) is 76.1 cm³/mol. The molecule has 2 rings (SSSR count). The van der Waals surface area contributed by atoms with Crippen molar-refractivity contribution in [1.82, 2.24) is 9.97 Å². The van der Waals surface area contributed by atoms with Crippen molar-refractivity contribution in [3.8, 4) is 0 Å². The molecule has 0 spiro atoms. The van der Waals surface area contributed by atoms with Gasteiger partial charge in [0.05, 0.1) is 4.92 Å². The van der Waals surface area contributed by atoms with E-state index >= 15 is 0 Å². The molecule has 1 aliphatic rings. The van der Waals surface area contributed by atoms with Crippen LogP contribution in [0.4, 0.5) is 17.5 Å². The number of hydrogen-bond donors (Lipinski definition) is 3. The minimum atomic E-state index is -0.493. The van der Waals surface area contributed by atoms with E-state index in [0.717, 1.165) is 12.6 Å². The fourth-order valence-corrected chi connectivity index (χ4v) is 2.63. The molecule has 1 aliphatic carbocycles. The van der Waals surface area contributed by atoms with Crippen LogP contribution in [-0.2, 0) is 0 Å². The van der Waals surface area contributed by atoms with Crippen molar-refractivity contribution in [2.24, 2.45) is 17.7 Å². The first-order valence-electron chi connectivity index (χ1n) is 6.83. The number of nitrogens with one attached hydrogen (secondary N) is 2. The summed E-state index contributed by atoms with van der Waals surface area (Å²) in [6, 6.07) is 0. The van der Waals surface area contributed by atoms with Crippen molar-refractivity contribution in [2.45, 2.75) is 32.6 Å². The molecule has 4 N–H and O–H groups in total. The number of nitro groups is 1. The van der Waals surface area contributed by atoms with Crippen LogP contribution in [0.1, 0.15) is 32.6 Å². The number of nitrogens with two attached hydrogens (primary N) is 1. The van der Waals surface area contributed by atoms with Crippen molar-refractivity contribution in [3.05, 3.63) is 16.3 Å². The van der Waals surface area contributed by atoms with Crippen LogP contribution in [0.15, 0.2) is 6.20 Å². The normalized spacial score (nSPS) is 22.3. The number of nitrogens with zero attached hydrogens (tertiary/aromatic N) is 3. The van der Waals surface area contributed by atoms with Gasteiger partial charge in [0.15, 0.2) is 0 Å². The summed E-state index contributed by atoms with van der Waals surface area (Å²) in [7, 11) is 0. The van der Waals surface area contributed by atoms with Gasteiger partial charge >= 0.3 is 5.69 Å². The van der Waals surface area contributed by atoms with Gasteiger partial charge in [-0.3, -0.25) is 15.5 Å². The molecule has 1 fully saturated rings. The Balaban J connectivity index is 2.08. The number of hydrazine groups is 1. The van der Waals surface area contributed by atoms with E-state index in [0.29, 0.717) is 18.4 Å². The fourth-order valence-electron chi connectivity index (χ4n) is 2.63. The van der Waals surface area contributed by atoms with E-state index < -0.39 is 4.92 Å². The lowest BCUT2D eigenvalue weighted by atomic mass is 9.80. The van der Waals surface area contributed by atoms with Gasteiger partial charge in [0.25, 0.3) is 0 Å². The minimum Gasteiger partial charge on any atom is -0.364 e. The van der Waals surface area contributed by atoms with Gasteiger partial charge in [0, 0.05) is 6.54 Å². The molecule has 2 unspecified atom stereocenters. The summed E-state index contributed by atoms with van der Waals surface area (Å²) < 4.78 is 0. The third-order valence-corrected chi connectivity index (χ3v) is 3.92. The van der Waals surface area contributed by atoms with Crippen LogP contribution < -0.4 is 16.6 Å². The van der Waals surface area contributed by atoms with E-state index in [1.807, 2.05) is 0 Å². The number of anilines is 2. The summed E-state index contributed by atoms with van der Waals surface area (Å²) in [5.74, 6) is 6.76. The average molecular weight is 280 g/mol. The zero-order valence-corrected chi connectivity index (χ0v) is 11.5. The van der Waals surface area contributed by atoms with Crippen molar-refractivity contribution in [3.63, 3.8) is 0 Å². The van der Waals surface area contributed by atoms with Crippen molar-refractivity contribution < 1.29 is 4.92 Å². The third-order valence-electron chi connectivity index (χ3n) is 3.92. The number of nitrogen functional groups attached to an aromatic ring is 1. The summed E-state index contributed by atoms with van der Waals surface area (Å²) in [5, 5.41) is 14.1. The van der Waals surface area contributed by atoms with E-state index in [1.165, 1.54) is 19.3 Å². The van der Waals surface area contributed by atoms with Crippen molar-refractivity contribution in [2.75, 3.05) is 17.3 Å². The Morgan fingerprint density at radius 2 is 2.25 bits per heavy atom. The van der Waals surface area contributed by atoms with Crippen molar-refractivity contribution in [1.29, 1.82) is 0 Å². The van der Waals surface area contributed by atoms with Gasteiger partial charge in [-0.1, -0.05) is 26.2 Å². The van der Waals surface area contributed by atoms with Crippen molar-refractivity contribution >= 4 is 17.5 Å². The second-order valence-corrected chi connectivity index (χ2v) is 5.23. The molecule has 0 amide bonds. The summed E-state index contributed by atoms with van der Waals surface area (Å²) in [6.45, 7) is 2.91. The molecule has 0 aliphatic heterocycles. The van der Waals surface area contributed by atoms with Gasteiger partial charge < -0.3 is 5.32 Å². The van der Waals surface area contributed by atoms with Gasteiger partial charge in [-0.15, -0.1) is 0 Å². The van der Waals surface area contributed by atoms with Gasteiger partial charge in [0.1, 0.15) is 6.20 Å². The summed E-state index contributed by atoms with van der Waals surface area (Å²) in [6.07, 6.45) is 6.02. The Labute approximate surface area is 117 Å². The first kappa shape index (κ1) is 14.4. The molecule has 1 saturated carbocycles. The van der Waals surface area contributed by atoms with Crippen LogP contribution >= 0.6 is 0 Å². The molecule has 0 saturated heterocycles. The molecule has 0 bridgehead atoms. The first-order chi connectivity index (χ1) is 9.61. The molecule has 1 heterocycles. The maximum atomic E-state index is 11.0. The first-order valence-corrected chi connectivity index (χ1v) is 6.83. The zero-order chi connectivity index (χ0) is 14.5. The zero-order valence-electron chi connectivity index (χ0n) is 11.5. The van der Waals surface area contributed by atoms with Crippen LogP contribution in [-0.4, -0.2) is 21.4 Å². The highest BCUT2D eigenvalue weighted by Crippen LogP contribution is 2.30. The summed E-state index contributed by atoms with van der Waals surface area (Å²) in [4.78, 5) is 18.3. The van der Waals surface area contributed by atoms with Gasteiger partial charge in [0.2, 0.25) is 11.8 Å². The van der Waals surface area contributed by atoms with Crippen LogP contribution in [0.3, 0.4) is 0 Å². The highest BCUT2D eigenvalue weighted by atomic mass is 16.6. The lowest BCUT2D eigenvalue weighted by Crippen LogP contribution is -2.25. The van der Waals surface area contributed by atoms with E-state index in [4.69, 9.17) is 5.84 Å². The van der Waals surface area contributed by atoms with Crippen LogP contribution in [0.5, 0.6) is 0 Å². The Hall–Kier alpha value is -1.96. The lowest BCUT2D eigenvalue weighted by molar-refractivity contribution is -0.384. The molecule has 20 heavy (non-hydrogen) atoms. The Morgan fingerprint density at radius 3 is 2.90 bits per heavy atom. The Bertz CT molecular complexity index is 481. The largest absolute Gasteiger partial charge is 0.364 e. The molecule has 1 aromatic heterocycles. The topological polar surface area (TPSA) is 119 Å². The Kier molecular flexibility index (Phi) is 4.67. The Morgan fingerprint density at radius 1 is 1.50 bits per heavy atom. The third kappa shape index (κ3) is 3.32. The average Bonchev–Trinajstić information content (AvgIpc) is 2.46. The van der Waals surface area contributed by atoms with Crippen LogP contribution in [0, 0.1) is 22.0 Å². The van der Waals surface area contributed by atoms with Gasteiger partial charge in [-0.25, -0.2) is 10.8 Å². The standard InChI is InChI=1S/C12H20N6O2/c1-8-4-2-3-5-9(8)6-14-11-10(18(19)20)7-15-12(16-11)17-13/h7-9H,2-6,13H2,1H3,(H2,14,15,16,17).